The zero-order valence-corrected chi connectivity index (χ0v) is 14.2. The van der Waals surface area contributed by atoms with Crippen molar-refractivity contribution >= 4 is 23.2 Å². The maximum atomic E-state index is 12.4. The van der Waals surface area contributed by atoms with Crippen LogP contribution >= 0.6 is 0 Å². The molecule has 2 amide bonds. The van der Waals surface area contributed by atoms with Crippen molar-refractivity contribution in [1.29, 1.82) is 0 Å². The molecule has 132 valence electrons. The molecule has 1 saturated heterocycles. The van der Waals surface area contributed by atoms with Gasteiger partial charge in [-0.1, -0.05) is 0 Å². The van der Waals surface area contributed by atoms with Gasteiger partial charge in [-0.15, -0.1) is 0 Å². The van der Waals surface area contributed by atoms with E-state index < -0.39 is 0 Å². The number of amides is 2. The van der Waals surface area contributed by atoms with E-state index in [1.165, 1.54) is 6.26 Å². The van der Waals surface area contributed by atoms with E-state index in [-0.39, 0.29) is 29.7 Å². The Hall–Kier alpha value is -2.64. The van der Waals surface area contributed by atoms with Gasteiger partial charge in [-0.25, -0.2) is 0 Å². The Kier molecular flexibility index (Phi) is 5.16. The van der Waals surface area contributed by atoms with Crippen LogP contribution in [0.5, 0.6) is 0 Å². The zero-order valence-electron chi connectivity index (χ0n) is 14.2. The van der Waals surface area contributed by atoms with Gasteiger partial charge >= 0.3 is 0 Å². The number of hydrogen-bond acceptors (Lipinski definition) is 5. The van der Waals surface area contributed by atoms with Crippen LogP contribution in [-0.4, -0.2) is 37.1 Å². The number of hydrogen-bond donors (Lipinski definition) is 3. The Morgan fingerprint density at radius 3 is 2.76 bits per heavy atom. The molecule has 2 aromatic rings. The lowest BCUT2D eigenvalue weighted by atomic mass is 10.1. The SMILES string of the molecule is Cc1cc(NC(=O)[C@H]2NCCO[C@@H]2C)ccc1NC(=O)c1ccco1. The van der Waals surface area contributed by atoms with Gasteiger partial charge in [-0.3, -0.25) is 9.59 Å². The van der Waals surface area contributed by atoms with Crippen LogP contribution in [0.25, 0.3) is 0 Å². The number of ether oxygens (including phenoxy) is 1. The van der Waals surface area contributed by atoms with Crippen LogP contribution in [0.15, 0.2) is 41.0 Å². The minimum Gasteiger partial charge on any atom is -0.459 e. The minimum absolute atomic E-state index is 0.140. The third kappa shape index (κ3) is 4.07. The Bertz CT molecular complexity index is 758. The van der Waals surface area contributed by atoms with Crippen LogP contribution in [0.4, 0.5) is 11.4 Å². The fourth-order valence-electron chi connectivity index (χ4n) is 2.72. The van der Waals surface area contributed by atoms with E-state index in [2.05, 4.69) is 16.0 Å². The van der Waals surface area contributed by atoms with Gasteiger partial charge in [0.1, 0.15) is 6.04 Å². The molecular weight excluding hydrogens is 322 g/mol. The molecule has 2 atom stereocenters. The van der Waals surface area contributed by atoms with Crippen LogP contribution in [-0.2, 0) is 9.53 Å². The number of anilines is 2. The predicted octanol–water partition coefficient (Wildman–Crippen LogP) is 2.16. The van der Waals surface area contributed by atoms with Gasteiger partial charge in [0.2, 0.25) is 5.91 Å². The number of carbonyl (C=O) groups excluding carboxylic acids is 2. The van der Waals surface area contributed by atoms with E-state index in [0.717, 1.165) is 5.56 Å². The van der Waals surface area contributed by atoms with E-state index in [9.17, 15) is 9.59 Å². The van der Waals surface area contributed by atoms with Gasteiger partial charge in [-0.05, 0) is 49.7 Å². The van der Waals surface area contributed by atoms with Gasteiger partial charge in [0.15, 0.2) is 5.76 Å². The second-order valence-corrected chi connectivity index (χ2v) is 5.96. The highest BCUT2D eigenvalue weighted by Gasteiger charge is 2.28. The molecule has 0 spiro atoms. The first kappa shape index (κ1) is 17.2. The molecule has 1 aromatic heterocycles. The highest BCUT2D eigenvalue weighted by molar-refractivity contribution is 6.03. The van der Waals surface area contributed by atoms with Crippen LogP contribution in [0.3, 0.4) is 0 Å². The molecule has 0 aliphatic carbocycles. The normalized spacial score (nSPS) is 20.1. The van der Waals surface area contributed by atoms with Gasteiger partial charge in [0, 0.05) is 17.9 Å². The topological polar surface area (TPSA) is 92.6 Å². The highest BCUT2D eigenvalue weighted by atomic mass is 16.5. The molecule has 0 saturated carbocycles. The van der Waals surface area contributed by atoms with Crippen molar-refractivity contribution < 1.29 is 18.7 Å². The average Bonchev–Trinajstić information content (AvgIpc) is 3.12. The summed E-state index contributed by atoms with van der Waals surface area (Å²) in [5.41, 5.74) is 2.16. The zero-order chi connectivity index (χ0) is 17.8. The molecule has 1 aliphatic heterocycles. The molecule has 25 heavy (non-hydrogen) atoms. The first-order valence-electron chi connectivity index (χ1n) is 8.16. The summed E-state index contributed by atoms with van der Waals surface area (Å²) < 4.78 is 10.6. The summed E-state index contributed by atoms with van der Waals surface area (Å²) in [6.07, 6.45) is 1.27. The fraction of sp³-hybridized carbons (Fsp3) is 0.333. The van der Waals surface area contributed by atoms with Crippen LogP contribution in [0.1, 0.15) is 23.0 Å². The number of furan rings is 1. The molecule has 1 fully saturated rings. The number of carbonyl (C=O) groups is 2. The number of nitrogens with one attached hydrogen (secondary N) is 3. The maximum Gasteiger partial charge on any atom is 0.291 e. The predicted molar refractivity (Wildman–Crippen MR) is 93.7 cm³/mol. The quantitative estimate of drug-likeness (QED) is 0.791. The van der Waals surface area contributed by atoms with Crippen molar-refractivity contribution in [3.8, 4) is 0 Å². The molecule has 0 bridgehead atoms. The summed E-state index contributed by atoms with van der Waals surface area (Å²) in [6, 6.07) is 8.18. The fourth-order valence-corrected chi connectivity index (χ4v) is 2.72. The summed E-state index contributed by atoms with van der Waals surface area (Å²) in [7, 11) is 0. The molecule has 3 rings (SSSR count). The summed E-state index contributed by atoms with van der Waals surface area (Å²) in [4.78, 5) is 24.4. The van der Waals surface area contributed by atoms with Crippen molar-refractivity contribution in [3.63, 3.8) is 0 Å². The van der Waals surface area contributed by atoms with E-state index in [0.29, 0.717) is 24.5 Å². The third-order valence-corrected chi connectivity index (χ3v) is 4.09. The number of rotatable bonds is 4. The average molecular weight is 343 g/mol. The van der Waals surface area contributed by atoms with Crippen molar-refractivity contribution in [1.82, 2.24) is 5.32 Å². The van der Waals surface area contributed by atoms with Crippen molar-refractivity contribution in [3.05, 3.63) is 47.9 Å². The lowest BCUT2D eigenvalue weighted by molar-refractivity contribution is -0.123. The number of morpholine rings is 1. The summed E-state index contributed by atoms with van der Waals surface area (Å²) in [6.45, 7) is 4.99. The van der Waals surface area contributed by atoms with Crippen LogP contribution < -0.4 is 16.0 Å². The van der Waals surface area contributed by atoms with Gasteiger partial charge in [0.25, 0.3) is 5.91 Å². The molecule has 2 heterocycles. The van der Waals surface area contributed by atoms with Crippen LogP contribution in [0, 0.1) is 6.92 Å². The Morgan fingerprint density at radius 1 is 1.24 bits per heavy atom. The van der Waals surface area contributed by atoms with Gasteiger partial charge < -0.3 is 25.1 Å². The molecule has 7 heteroatoms. The lowest BCUT2D eigenvalue weighted by Gasteiger charge is -2.29. The van der Waals surface area contributed by atoms with E-state index in [1.54, 1.807) is 24.3 Å². The molecular formula is C18H21N3O4. The minimum atomic E-state index is -0.382. The summed E-state index contributed by atoms with van der Waals surface area (Å²) >= 11 is 0. The molecule has 0 unspecified atom stereocenters. The monoisotopic (exact) mass is 343 g/mol. The second kappa shape index (κ2) is 7.50. The Labute approximate surface area is 145 Å². The lowest BCUT2D eigenvalue weighted by Crippen LogP contribution is -2.53. The Balaban J connectivity index is 1.65. The molecule has 1 aromatic carbocycles. The standard InChI is InChI=1S/C18H21N3O4/c1-11-10-13(20-18(23)16-12(2)24-9-7-19-16)5-6-14(11)21-17(22)15-4-3-8-25-15/h3-6,8,10,12,16,19H,7,9H2,1-2H3,(H,20,23)(H,21,22)/t12-,16+/m1/s1. The van der Waals surface area contributed by atoms with Crippen molar-refractivity contribution in [2.24, 2.45) is 0 Å². The Morgan fingerprint density at radius 2 is 2.08 bits per heavy atom. The van der Waals surface area contributed by atoms with Crippen molar-refractivity contribution in [2.45, 2.75) is 26.0 Å². The largest absolute Gasteiger partial charge is 0.459 e. The molecule has 3 N–H and O–H groups in total. The highest BCUT2D eigenvalue weighted by Crippen LogP contribution is 2.21. The maximum absolute atomic E-state index is 12.4. The molecule has 0 radical (unpaired) electrons. The van der Waals surface area contributed by atoms with E-state index in [1.807, 2.05) is 19.9 Å². The summed E-state index contributed by atoms with van der Waals surface area (Å²) in [5.74, 6) is -0.213. The first-order chi connectivity index (χ1) is 12.0. The number of benzene rings is 1. The summed E-state index contributed by atoms with van der Waals surface area (Å²) in [5, 5.41) is 8.82. The van der Waals surface area contributed by atoms with E-state index in [4.69, 9.17) is 9.15 Å². The number of aryl methyl sites for hydroxylation is 1. The second-order valence-electron chi connectivity index (χ2n) is 5.96. The molecule has 1 aliphatic rings. The van der Waals surface area contributed by atoms with Gasteiger partial charge in [-0.2, -0.15) is 0 Å². The third-order valence-electron chi connectivity index (χ3n) is 4.09. The van der Waals surface area contributed by atoms with Gasteiger partial charge in [0.05, 0.1) is 19.0 Å². The van der Waals surface area contributed by atoms with Crippen LogP contribution in [0.2, 0.25) is 0 Å². The smallest absolute Gasteiger partial charge is 0.291 e. The van der Waals surface area contributed by atoms with Crippen molar-refractivity contribution in [2.75, 3.05) is 23.8 Å². The first-order valence-corrected chi connectivity index (χ1v) is 8.16. The molecule has 7 nitrogen and oxygen atoms in total. The van der Waals surface area contributed by atoms with E-state index >= 15 is 0 Å².